The second-order valence-electron chi connectivity index (χ2n) is 9.56. The zero-order valence-electron chi connectivity index (χ0n) is 18.5. The molecule has 182 valence electrons. The number of benzene rings is 1. The minimum absolute atomic E-state index is 0.0346. The molecule has 0 aromatic heterocycles. The van der Waals surface area contributed by atoms with E-state index >= 15 is 0 Å². The van der Waals surface area contributed by atoms with Crippen LogP contribution in [-0.4, -0.2) is 68.1 Å². The Morgan fingerprint density at radius 2 is 1.85 bits per heavy atom. The van der Waals surface area contributed by atoms with E-state index in [1.807, 2.05) is 0 Å². The molecule has 33 heavy (non-hydrogen) atoms. The highest BCUT2D eigenvalue weighted by Gasteiger charge is 2.48. The van der Waals surface area contributed by atoms with E-state index in [9.17, 15) is 31.2 Å². The number of halogens is 3. The van der Waals surface area contributed by atoms with Crippen molar-refractivity contribution in [3.05, 3.63) is 29.3 Å². The number of amides is 3. The molecule has 3 amide bonds. The number of carbonyl (C=O) groups is 2. The average molecular weight is 488 g/mol. The fraction of sp³-hybridized carbons (Fsp3) is 0.636. The number of likely N-dealkylation sites (tertiary alicyclic amines) is 2. The molecule has 0 atom stereocenters. The van der Waals surface area contributed by atoms with Crippen molar-refractivity contribution in [1.29, 1.82) is 0 Å². The van der Waals surface area contributed by atoms with Gasteiger partial charge in [-0.15, -0.1) is 0 Å². The molecular weight excluding hydrogens is 459 g/mol. The first-order chi connectivity index (χ1) is 15.4. The van der Waals surface area contributed by atoms with E-state index in [1.165, 1.54) is 6.07 Å². The van der Waals surface area contributed by atoms with Gasteiger partial charge < -0.3 is 15.1 Å². The lowest BCUT2D eigenvalue weighted by Gasteiger charge is -2.53. The standard InChI is InChI=1S/C22H28F3N3O4S/c1-33(31,32)18-5-4-16(12-17(18)22(23,24)25)11-15-6-9-27(10-7-15)20(30)28-13-21(14-28)8-2-3-19(29)26-21/h4-5,12,15H,2-3,6-11,13-14H2,1H3,(H,26,29). The molecule has 1 aromatic carbocycles. The Labute approximate surface area is 191 Å². The number of sulfone groups is 1. The maximum atomic E-state index is 13.4. The Morgan fingerprint density at radius 1 is 1.18 bits per heavy atom. The van der Waals surface area contributed by atoms with Gasteiger partial charge in [-0.25, -0.2) is 13.2 Å². The molecule has 3 saturated heterocycles. The number of hydrogen-bond donors (Lipinski definition) is 1. The fourth-order valence-corrected chi connectivity index (χ4v) is 6.06. The third-order valence-corrected chi connectivity index (χ3v) is 8.03. The van der Waals surface area contributed by atoms with Crippen LogP contribution < -0.4 is 5.32 Å². The van der Waals surface area contributed by atoms with Gasteiger partial charge in [-0.1, -0.05) is 6.07 Å². The number of nitrogens with one attached hydrogen (secondary N) is 1. The Bertz CT molecular complexity index is 1040. The van der Waals surface area contributed by atoms with Gasteiger partial charge in [-0.05, 0) is 55.7 Å². The van der Waals surface area contributed by atoms with E-state index in [0.717, 1.165) is 31.2 Å². The molecule has 3 aliphatic rings. The summed E-state index contributed by atoms with van der Waals surface area (Å²) in [5, 5.41) is 3.01. The number of urea groups is 1. The van der Waals surface area contributed by atoms with Crippen LogP contribution in [0.2, 0.25) is 0 Å². The maximum absolute atomic E-state index is 13.4. The summed E-state index contributed by atoms with van der Waals surface area (Å²) < 4.78 is 63.7. The van der Waals surface area contributed by atoms with Gasteiger partial charge in [-0.3, -0.25) is 4.79 Å². The molecule has 3 fully saturated rings. The number of carbonyl (C=O) groups excluding carboxylic acids is 2. The Kier molecular flexibility index (Phi) is 6.13. The van der Waals surface area contributed by atoms with Crippen LogP contribution in [0.15, 0.2) is 23.1 Å². The van der Waals surface area contributed by atoms with E-state index in [0.29, 0.717) is 57.4 Å². The van der Waals surface area contributed by atoms with Gasteiger partial charge in [0.2, 0.25) is 5.91 Å². The van der Waals surface area contributed by atoms with Crippen LogP contribution in [0.25, 0.3) is 0 Å². The summed E-state index contributed by atoms with van der Waals surface area (Å²) in [5.74, 6) is 0.145. The van der Waals surface area contributed by atoms with E-state index < -0.39 is 26.5 Å². The zero-order chi connectivity index (χ0) is 24.0. The summed E-state index contributed by atoms with van der Waals surface area (Å²) in [6.07, 6.45) is -0.0161. The van der Waals surface area contributed by atoms with Crippen LogP contribution >= 0.6 is 0 Å². The lowest BCUT2D eigenvalue weighted by atomic mass is 9.81. The molecule has 0 aliphatic carbocycles. The molecule has 11 heteroatoms. The van der Waals surface area contributed by atoms with Gasteiger partial charge in [0.15, 0.2) is 9.84 Å². The summed E-state index contributed by atoms with van der Waals surface area (Å²) in [6, 6.07) is 3.36. The lowest BCUT2D eigenvalue weighted by molar-refractivity contribution is -0.140. The molecule has 0 unspecified atom stereocenters. The molecule has 7 nitrogen and oxygen atoms in total. The average Bonchev–Trinajstić information content (AvgIpc) is 2.70. The summed E-state index contributed by atoms with van der Waals surface area (Å²) in [7, 11) is -3.99. The van der Waals surface area contributed by atoms with E-state index in [4.69, 9.17) is 0 Å². The maximum Gasteiger partial charge on any atom is 0.417 e. The number of rotatable bonds is 3. The van der Waals surface area contributed by atoms with Gasteiger partial charge in [0.1, 0.15) is 0 Å². The summed E-state index contributed by atoms with van der Waals surface area (Å²) in [5.41, 5.74) is -0.966. The Hall–Kier alpha value is -2.30. The SMILES string of the molecule is CS(=O)(=O)c1ccc(CC2CCN(C(=O)N3CC4(CCCC(=O)N4)C3)CC2)cc1C(F)(F)F. The van der Waals surface area contributed by atoms with Gasteiger partial charge in [0.05, 0.1) is 16.0 Å². The molecule has 3 aliphatic heterocycles. The highest BCUT2D eigenvalue weighted by atomic mass is 32.2. The van der Waals surface area contributed by atoms with Crippen LogP contribution in [0.1, 0.15) is 43.2 Å². The predicted octanol–water partition coefficient (Wildman–Crippen LogP) is 2.84. The molecule has 0 bridgehead atoms. The number of nitrogens with zero attached hydrogens (tertiary/aromatic N) is 2. The summed E-state index contributed by atoms with van der Waals surface area (Å²) in [6.45, 7) is 2.08. The normalized spacial score (nSPS) is 21.6. The number of piperidine rings is 2. The Balaban J connectivity index is 1.33. The molecule has 1 N–H and O–H groups in total. The van der Waals surface area contributed by atoms with Crippen molar-refractivity contribution in [2.45, 2.75) is 55.1 Å². The van der Waals surface area contributed by atoms with E-state index in [2.05, 4.69) is 5.32 Å². The minimum Gasteiger partial charge on any atom is -0.347 e. The zero-order valence-corrected chi connectivity index (χ0v) is 19.3. The molecule has 0 saturated carbocycles. The van der Waals surface area contributed by atoms with Gasteiger partial charge in [0, 0.05) is 38.9 Å². The third-order valence-electron chi connectivity index (χ3n) is 6.88. The van der Waals surface area contributed by atoms with Crippen molar-refractivity contribution in [3.63, 3.8) is 0 Å². The first-order valence-electron chi connectivity index (χ1n) is 11.1. The van der Waals surface area contributed by atoms with Crippen molar-refractivity contribution < 1.29 is 31.2 Å². The Morgan fingerprint density at radius 3 is 2.42 bits per heavy atom. The first kappa shape index (κ1) is 23.8. The lowest BCUT2D eigenvalue weighted by Crippen LogP contribution is -2.73. The second kappa shape index (κ2) is 8.48. The quantitative estimate of drug-likeness (QED) is 0.711. The molecule has 0 radical (unpaired) electrons. The fourth-order valence-electron chi connectivity index (χ4n) is 5.18. The summed E-state index contributed by atoms with van der Waals surface area (Å²) in [4.78, 5) is 27.3. The van der Waals surface area contributed by atoms with E-state index in [1.54, 1.807) is 9.80 Å². The largest absolute Gasteiger partial charge is 0.417 e. The van der Waals surface area contributed by atoms with Crippen LogP contribution in [0.3, 0.4) is 0 Å². The smallest absolute Gasteiger partial charge is 0.347 e. The van der Waals surface area contributed by atoms with Gasteiger partial charge in [0.25, 0.3) is 0 Å². The van der Waals surface area contributed by atoms with Crippen molar-refractivity contribution in [1.82, 2.24) is 15.1 Å². The van der Waals surface area contributed by atoms with Crippen LogP contribution in [0.5, 0.6) is 0 Å². The topological polar surface area (TPSA) is 86.8 Å². The molecule has 1 spiro atoms. The van der Waals surface area contributed by atoms with Crippen molar-refractivity contribution in [3.8, 4) is 0 Å². The molecular formula is C22H28F3N3O4S. The van der Waals surface area contributed by atoms with Crippen molar-refractivity contribution >= 4 is 21.8 Å². The van der Waals surface area contributed by atoms with Gasteiger partial charge in [-0.2, -0.15) is 13.2 Å². The monoisotopic (exact) mass is 487 g/mol. The number of alkyl halides is 3. The van der Waals surface area contributed by atoms with Crippen molar-refractivity contribution in [2.75, 3.05) is 32.4 Å². The third kappa shape index (κ3) is 5.12. The van der Waals surface area contributed by atoms with E-state index in [-0.39, 0.29) is 23.4 Å². The predicted molar refractivity (Wildman–Crippen MR) is 114 cm³/mol. The molecule has 4 rings (SSSR count). The van der Waals surface area contributed by atoms with Crippen LogP contribution in [0.4, 0.5) is 18.0 Å². The first-order valence-corrected chi connectivity index (χ1v) is 13.0. The second-order valence-corrected chi connectivity index (χ2v) is 11.5. The summed E-state index contributed by atoms with van der Waals surface area (Å²) >= 11 is 0. The number of hydrogen-bond acceptors (Lipinski definition) is 4. The van der Waals surface area contributed by atoms with Crippen LogP contribution in [-0.2, 0) is 27.2 Å². The molecule has 1 aromatic rings. The highest BCUT2D eigenvalue weighted by molar-refractivity contribution is 7.90. The van der Waals surface area contributed by atoms with Crippen LogP contribution in [0, 0.1) is 5.92 Å². The minimum atomic E-state index is -4.75. The highest BCUT2D eigenvalue weighted by Crippen LogP contribution is 2.36. The van der Waals surface area contributed by atoms with Gasteiger partial charge >= 0.3 is 12.2 Å². The van der Waals surface area contributed by atoms with Crippen molar-refractivity contribution in [2.24, 2.45) is 5.92 Å². The molecule has 3 heterocycles.